The molecule has 0 aromatic heterocycles. The number of carbonyl (C=O) groups excluding carboxylic acids is 1. The number of hydrogen-bond acceptors (Lipinski definition) is 5. The van der Waals surface area contributed by atoms with Gasteiger partial charge >= 0.3 is 0 Å². The van der Waals surface area contributed by atoms with Crippen molar-refractivity contribution in [1.29, 1.82) is 0 Å². The first-order valence-electron chi connectivity index (χ1n) is 8.96. The molecule has 0 aliphatic carbocycles. The number of nitrogens with one attached hydrogen (secondary N) is 2. The summed E-state index contributed by atoms with van der Waals surface area (Å²) >= 11 is 0. The van der Waals surface area contributed by atoms with E-state index in [4.69, 9.17) is 4.74 Å². The molecule has 1 aromatic rings. The molecule has 150 valence electrons. The number of hydrogen-bond donors (Lipinski definition) is 2. The maximum Gasteiger partial charge on any atom is 0.229 e. The third kappa shape index (κ3) is 4.31. The fourth-order valence-electron chi connectivity index (χ4n) is 3.46. The van der Waals surface area contributed by atoms with E-state index in [1.807, 2.05) is 0 Å². The summed E-state index contributed by atoms with van der Waals surface area (Å²) in [7, 11) is -0.415. The SMILES string of the molecule is CN(C)S(=O)(=O)C[C@@H]1COC[C@@H]1NC(=O)C1(Cc2ccccc2F)CNC1. The molecule has 27 heavy (non-hydrogen) atoms. The minimum Gasteiger partial charge on any atom is -0.379 e. The molecule has 2 saturated heterocycles. The normalized spacial score (nSPS) is 24.6. The second-order valence-electron chi connectivity index (χ2n) is 7.59. The first-order chi connectivity index (χ1) is 12.7. The first kappa shape index (κ1) is 20.2. The van der Waals surface area contributed by atoms with Crippen LogP contribution in [0.25, 0.3) is 0 Å². The van der Waals surface area contributed by atoms with Gasteiger partial charge in [0.2, 0.25) is 15.9 Å². The first-order valence-corrected chi connectivity index (χ1v) is 10.6. The molecular weight excluding hydrogens is 373 g/mol. The third-order valence-corrected chi connectivity index (χ3v) is 7.35. The average Bonchev–Trinajstić information content (AvgIpc) is 2.98. The standard InChI is InChI=1S/C18H26FN3O4S/c1-22(2)27(24,25)10-14-8-26-9-16(14)21-17(23)18(11-20-12-18)7-13-5-3-4-6-15(13)19/h3-6,14,16,20H,7-12H2,1-2H3,(H,21,23)/t14-,16-/m0/s1. The van der Waals surface area contributed by atoms with Crippen molar-refractivity contribution in [3.8, 4) is 0 Å². The van der Waals surface area contributed by atoms with Gasteiger partial charge in [-0.05, 0) is 18.1 Å². The van der Waals surface area contributed by atoms with Gasteiger partial charge in [-0.2, -0.15) is 0 Å². The average molecular weight is 399 g/mol. The van der Waals surface area contributed by atoms with Crippen molar-refractivity contribution in [2.75, 3.05) is 46.2 Å². The van der Waals surface area contributed by atoms with Crippen LogP contribution < -0.4 is 10.6 Å². The number of carbonyl (C=O) groups is 1. The molecule has 9 heteroatoms. The fraction of sp³-hybridized carbons (Fsp3) is 0.611. The van der Waals surface area contributed by atoms with E-state index in [0.717, 1.165) is 0 Å². The van der Waals surface area contributed by atoms with Crippen molar-refractivity contribution < 1.29 is 22.3 Å². The third-order valence-electron chi connectivity index (χ3n) is 5.39. The van der Waals surface area contributed by atoms with E-state index >= 15 is 0 Å². The van der Waals surface area contributed by atoms with Crippen LogP contribution in [0.1, 0.15) is 5.56 Å². The van der Waals surface area contributed by atoms with Crippen molar-refractivity contribution in [2.45, 2.75) is 12.5 Å². The highest BCUT2D eigenvalue weighted by Gasteiger charge is 2.46. The van der Waals surface area contributed by atoms with E-state index in [2.05, 4.69) is 10.6 Å². The van der Waals surface area contributed by atoms with E-state index in [1.54, 1.807) is 18.2 Å². The topological polar surface area (TPSA) is 87.7 Å². The Morgan fingerprint density at radius 1 is 1.33 bits per heavy atom. The van der Waals surface area contributed by atoms with Crippen molar-refractivity contribution in [3.63, 3.8) is 0 Å². The Morgan fingerprint density at radius 3 is 2.63 bits per heavy atom. The Morgan fingerprint density at radius 2 is 2.04 bits per heavy atom. The Kier molecular flexibility index (Phi) is 5.85. The highest BCUT2D eigenvalue weighted by Crippen LogP contribution is 2.30. The van der Waals surface area contributed by atoms with E-state index < -0.39 is 15.4 Å². The molecule has 2 aliphatic rings. The van der Waals surface area contributed by atoms with E-state index in [9.17, 15) is 17.6 Å². The van der Waals surface area contributed by atoms with Crippen molar-refractivity contribution in [3.05, 3.63) is 35.6 Å². The molecule has 2 aliphatic heterocycles. The summed E-state index contributed by atoms with van der Waals surface area (Å²) in [6.07, 6.45) is 0.298. The minimum absolute atomic E-state index is 0.0799. The highest BCUT2D eigenvalue weighted by atomic mass is 32.2. The number of amides is 1. The fourth-order valence-corrected chi connectivity index (χ4v) is 4.63. The Balaban J connectivity index is 1.68. The van der Waals surface area contributed by atoms with Gasteiger partial charge in [0, 0.05) is 33.1 Å². The summed E-state index contributed by atoms with van der Waals surface area (Å²) in [5.74, 6) is -0.897. The van der Waals surface area contributed by atoms with Crippen LogP contribution in [0.15, 0.2) is 24.3 Å². The van der Waals surface area contributed by atoms with Gasteiger partial charge < -0.3 is 15.4 Å². The Hall–Kier alpha value is -1.55. The second kappa shape index (κ2) is 7.83. The number of benzene rings is 1. The zero-order valence-corrected chi connectivity index (χ0v) is 16.4. The van der Waals surface area contributed by atoms with Crippen molar-refractivity contribution in [2.24, 2.45) is 11.3 Å². The number of nitrogens with zero attached hydrogens (tertiary/aromatic N) is 1. The van der Waals surface area contributed by atoms with Crippen molar-refractivity contribution in [1.82, 2.24) is 14.9 Å². The quantitative estimate of drug-likeness (QED) is 0.673. The lowest BCUT2D eigenvalue weighted by molar-refractivity contribution is -0.135. The van der Waals surface area contributed by atoms with Crippen LogP contribution in [-0.4, -0.2) is 70.8 Å². The lowest BCUT2D eigenvalue weighted by Gasteiger charge is -2.42. The van der Waals surface area contributed by atoms with Crippen LogP contribution in [-0.2, 0) is 26.0 Å². The maximum atomic E-state index is 14.0. The van der Waals surface area contributed by atoms with Gasteiger partial charge in [0.1, 0.15) is 5.82 Å². The number of ether oxygens (including phenoxy) is 1. The molecule has 0 unspecified atom stereocenters. The molecule has 2 N–H and O–H groups in total. The molecule has 0 bridgehead atoms. The molecule has 0 radical (unpaired) electrons. The summed E-state index contributed by atoms with van der Waals surface area (Å²) in [5.41, 5.74) is -0.223. The lowest BCUT2D eigenvalue weighted by Crippen LogP contribution is -2.64. The molecule has 0 spiro atoms. The Labute approximate surface area is 159 Å². The van der Waals surface area contributed by atoms with Gasteiger partial charge in [-0.3, -0.25) is 4.79 Å². The van der Waals surface area contributed by atoms with Crippen molar-refractivity contribution >= 4 is 15.9 Å². The predicted octanol–water partition coefficient (Wildman–Crippen LogP) is -0.0196. The number of rotatable bonds is 7. The summed E-state index contributed by atoms with van der Waals surface area (Å²) < 4.78 is 45.0. The zero-order chi connectivity index (χ0) is 19.7. The van der Waals surface area contributed by atoms with Gasteiger partial charge in [0.05, 0.1) is 30.4 Å². The Bertz CT molecular complexity index is 796. The molecule has 3 rings (SSSR count). The van der Waals surface area contributed by atoms with Crippen LogP contribution in [0.3, 0.4) is 0 Å². The van der Waals surface area contributed by atoms with Crippen LogP contribution in [0.2, 0.25) is 0 Å². The summed E-state index contributed by atoms with van der Waals surface area (Å²) in [4.78, 5) is 13.0. The van der Waals surface area contributed by atoms with Gasteiger partial charge in [-0.15, -0.1) is 0 Å². The second-order valence-corrected chi connectivity index (χ2v) is 9.82. The van der Waals surface area contributed by atoms with Gasteiger partial charge in [0.15, 0.2) is 0 Å². The molecule has 0 saturated carbocycles. The van der Waals surface area contributed by atoms with Crippen LogP contribution in [0, 0.1) is 17.2 Å². The maximum absolute atomic E-state index is 14.0. The van der Waals surface area contributed by atoms with E-state index in [1.165, 1.54) is 24.5 Å². The molecule has 2 fully saturated rings. The van der Waals surface area contributed by atoms with Crippen LogP contribution >= 0.6 is 0 Å². The largest absolute Gasteiger partial charge is 0.379 e. The predicted molar refractivity (Wildman–Crippen MR) is 99.1 cm³/mol. The smallest absolute Gasteiger partial charge is 0.229 e. The molecule has 2 heterocycles. The zero-order valence-electron chi connectivity index (χ0n) is 15.6. The van der Waals surface area contributed by atoms with Crippen LogP contribution in [0.5, 0.6) is 0 Å². The lowest BCUT2D eigenvalue weighted by atomic mass is 9.75. The molecule has 1 aromatic carbocycles. The van der Waals surface area contributed by atoms with Gasteiger partial charge in [-0.25, -0.2) is 17.1 Å². The molecular formula is C18H26FN3O4S. The van der Waals surface area contributed by atoms with Gasteiger partial charge in [-0.1, -0.05) is 18.2 Å². The molecule has 7 nitrogen and oxygen atoms in total. The summed E-state index contributed by atoms with van der Waals surface area (Å²) in [6, 6.07) is 6.08. The number of sulfonamides is 1. The van der Waals surface area contributed by atoms with E-state index in [0.29, 0.717) is 25.1 Å². The highest BCUT2D eigenvalue weighted by molar-refractivity contribution is 7.89. The van der Waals surface area contributed by atoms with Crippen LogP contribution in [0.4, 0.5) is 4.39 Å². The minimum atomic E-state index is -3.39. The summed E-state index contributed by atoms with van der Waals surface area (Å²) in [6.45, 7) is 1.49. The van der Waals surface area contributed by atoms with Gasteiger partial charge in [0.25, 0.3) is 0 Å². The number of halogens is 1. The molecule has 2 atom stereocenters. The monoisotopic (exact) mass is 399 g/mol. The van der Waals surface area contributed by atoms with E-state index in [-0.39, 0.29) is 42.7 Å². The molecule has 1 amide bonds. The summed E-state index contributed by atoms with van der Waals surface area (Å²) in [5, 5.41) is 6.06.